The third-order valence-electron chi connectivity index (χ3n) is 4.29. The van der Waals surface area contributed by atoms with Crippen molar-refractivity contribution in [1.82, 2.24) is 9.97 Å². The Labute approximate surface area is 144 Å². The van der Waals surface area contributed by atoms with Gasteiger partial charge in [-0.25, -0.2) is 9.78 Å². The molecule has 1 saturated heterocycles. The Bertz CT molecular complexity index is 738. The van der Waals surface area contributed by atoms with E-state index < -0.39 is 0 Å². The number of carbonyl (C=O) groups excluding carboxylic acids is 1. The third kappa shape index (κ3) is 3.15. The summed E-state index contributed by atoms with van der Waals surface area (Å²) in [6, 6.07) is 0. The Morgan fingerprint density at radius 2 is 2.09 bits per heavy atom. The predicted molar refractivity (Wildman–Crippen MR) is 93.7 cm³/mol. The highest BCUT2D eigenvalue weighted by Crippen LogP contribution is 2.37. The van der Waals surface area contributed by atoms with E-state index in [1.54, 1.807) is 6.92 Å². The van der Waals surface area contributed by atoms with E-state index >= 15 is 0 Å². The molecular weight excluding hydrogens is 334 g/mol. The van der Waals surface area contributed by atoms with E-state index in [4.69, 9.17) is 16.3 Å². The van der Waals surface area contributed by atoms with Gasteiger partial charge in [0.05, 0.1) is 12.0 Å². The van der Waals surface area contributed by atoms with Crippen LogP contribution in [0.1, 0.15) is 41.9 Å². The number of aromatic nitrogens is 2. The molecular formula is C16H20ClN3O2S. The van der Waals surface area contributed by atoms with Gasteiger partial charge in [0.2, 0.25) is 5.28 Å². The molecule has 23 heavy (non-hydrogen) atoms. The highest BCUT2D eigenvalue weighted by Gasteiger charge is 2.25. The molecule has 0 aromatic carbocycles. The number of hydrogen-bond acceptors (Lipinski definition) is 6. The molecule has 0 saturated carbocycles. The van der Waals surface area contributed by atoms with Crippen LogP contribution in [0.5, 0.6) is 0 Å². The average molecular weight is 354 g/mol. The van der Waals surface area contributed by atoms with Gasteiger partial charge in [0.1, 0.15) is 15.5 Å². The fraction of sp³-hybridized carbons (Fsp3) is 0.562. The van der Waals surface area contributed by atoms with E-state index in [0.717, 1.165) is 53.4 Å². The molecule has 1 fully saturated rings. The van der Waals surface area contributed by atoms with Gasteiger partial charge in [0.25, 0.3) is 0 Å². The van der Waals surface area contributed by atoms with E-state index in [9.17, 15) is 4.79 Å². The van der Waals surface area contributed by atoms with Gasteiger partial charge in [-0.3, -0.25) is 0 Å². The van der Waals surface area contributed by atoms with Crippen molar-refractivity contribution in [1.29, 1.82) is 0 Å². The second-order valence-corrected chi connectivity index (χ2v) is 7.28. The lowest BCUT2D eigenvalue weighted by atomic mass is 9.99. The molecule has 1 aliphatic rings. The van der Waals surface area contributed by atoms with Crippen molar-refractivity contribution in [3.8, 4) is 0 Å². The van der Waals surface area contributed by atoms with Gasteiger partial charge in [-0.1, -0.05) is 6.92 Å². The quantitative estimate of drug-likeness (QED) is 0.615. The molecule has 0 spiro atoms. The molecule has 0 atom stereocenters. The van der Waals surface area contributed by atoms with Crippen LogP contribution in [0.4, 0.5) is 5.82 Å². The summed E-state index contributed by atoms with van der Waals surface area (Å²) in [5, 5.41) is 1.15. The number of rotatable bonds is 3. The van der Waals surface area contributed by atoms with Crippen molar-refractivity contribution < 1.29 is 9.53 Å². The van der Waals surface area contributed by atoms with Crippen LogP contribution in [-0.2, 0) is 4.74 Å². The number of esters is 1. The van der Waals surface area contributed by atoms with Gasteiger partial charge in [-0.05, 0) is 49.8 Å². The second kappa shape index (κ2) is 6.61. The van der Waals surface area contributed by atoms with Crippen molar-refractivity contribution in [2.45, 2.75) is 33.6 Å². The number of aryl methyl sites for hydroxylation is 1. The summed E-state index contributed by atoms with van der Waals surface area (Å²) in [7, 11) is 0. The van der Waals surface area contributed by atoms with Crippen LogP contribution < -0.4 is 4.90 Å². The van der Waals surface area contributed by atoms with Gasteiger partial charge in [0.15, 0.2) is 0 Å². The minimum Gasteiger partial charge on any atom is -0.462 e. The van der Waals surface area contributed by atoms with E-state index in [0.29, 0.717) is 11.5 Å². The molecule has 0 unspecified atom stereocenters. The number of hydrogen-bond donors (Lipinski definition) is 0. The fourth-order valence-corrected chi connectivity index (χ4v) is 4.22. The third-order valence-corrected chi connectivity index (χ3v) is 5.62. The van der Waals surface area contributed by atoms with Crippen LogP contribution in [0.2, 0.25) is 5.28 Å². The first-order valence-electron chi connectivity index (χ1n) is 7.90. The second-order valence-electron chi connectivity index (χ2n) is 5.94. The standard InChI is InChI=1S/C16H20ClN3O2S/c1-4-22-15(21)12-10(3)11-13(18-16(17)19-14(11)23-12)20-7-5-9(2)6-8-20/h9H,4-8H2,1-3H3. The van der Waals surface area contributed by atoms with Gasteiger partial charge in [0, 0.05) is 13.1 Å². The maximum absolute atomic E-state index is 12.1. The monoisotopic (exact) mass is 353 g/mol. The van der Waals surface area contributed by atoms with E-state index in [1.807, 2.05) is 6.92 Å². The molecule has 0 amide bonds. The Morgan fingerprint density at radius 3 is 2.74 bits per heavy atom. The summed E-state index contributed by atoms with van der Waals surface area (Å²) >= 11 is 7.44. The number of nitrogens with zero attached hydrogens (tertiary/aromatic N) is 3. The summed E-state index contributed by atoms with van der Waals surface area (Å²) in [6.45, 7) is 8.27. The van der Waals surface area contributed by atoms with Gasteiger partial charge >= 0.3 is 5.97 Å². The van der Waals surface area contributed by atoms with Crippen molar-refractivity contribution in [2.75, 3.05) is 24.6 Å². The molecule has 3 rings (SSSR count). The number of carbonyl (C=O) groups is 1. The maximum atomic E-state index is 12.1. The lowest BCUT2D eigenvalue weighted by Gasteiger charge is -2.31. The zero-order chi connectivity index (χ0) is 16.6. The summed E-state index contributed by atoms with van der Waals surface area (Å²) in [6.07, 6.45) is 2.27. The molecule has 2 aromatic heterocycles. The molecule has 124 valence electrons. The topological polar surface area (TPSA) is 55.3 Å². The van der Waals surface area contributed by atoms with E-state index in [-0.39, 0.29) is 11.3 Å². The highest BCUT2D eigenvalue weighted by atomic mass is 35.5. The van der Waals surface area contributed by atoms with E-state index in [1.165, 1.54) is 11.3 Å². The molecule has 7 heteroatoms. The Morgan fingerprint density at radius 1 is 1.39 bits per heavy atom. The predicted octanol–water partition coefficient (Wildman–Crippen LogP) is 4.07. The van der Waals surface area contributed by atoms with Crippen LogP contribution in [-0.4, -0.2) is 35.6 Å². The molecule has 2 aromatic rings. The van der Waals surface area contributed by atoms with Crippen molar-refractivity contribution in [3.63, 3.8) is 0 Å². The van der Waals surface area contributed by atoms with Gasteiger partial charge < -0.3 is 9.64 Å². The smallest absolute Gasteiger partial charge is 0.348 e. The molecule has 1 aliphatic heterocycles. The molecule has 3 heterocycles. The van der Waals surface area contributed by atoms with Crippen LogP contribution >= 0.6 is 22.9 Å². The zero-order valence-corrected chi connectivity index (χ0v) is 15.1. The number of halogens is 1. The summed E-state index contributed by atoms with van der Waals surface area (Å²) in [5.74, 6) is 1.27. The Balaban J connectivity index is 2.08. The molecule has 0 aliphatic carbocycles. The lowest BCUT2D eigenvalue weighted by Crippen LogP contribution is -2.33. The number of thiophene rings is 1. The highest BCUT2D eigenvalue weighted by molar-refractivity contribution is 7.20. The molecule has 0 radical (unpaired) electrons. The molecule has 5 nitrogen and oxygen atoms in total. The SMILES string of the molecule is CCOC(=O)c1sc2nc(Cl)nc(N3CCC(C)CC3)c2c1C. The van der Waals surface area contributed by atoms with Crippen molar-refractivity contribution >= 4 is 44.9 Å². The average Bonchev–Trinajstić information content (AvgIpc) is 2.84. The Kier molecular flexibility index (Phi) is 4.73. The number of fused-ring (bicyclic) bond motifs is 1. The van der Waals surface area contributed by atoms with Gasteiger partial charge in [-0.2, -0.15) is 4.98 Å². The maximum Gasteiger partial charge on any atom is 0.348 e. The minimum atomic E-state index is -0.303. The van der Waals surface area contributed by atoms with Crippen molar-refractivity contribution in [3.05, 3.63) is 15.7 Å². The van der Waals surface area contributed by atoms with Crippen LogP contribution in [0.3, 0.4) is 0 Å². The number of anilines is 1. The minimum absolute atomic E-state index is 0.225. The summed E-state index contributed by atoms with van der Waals surface area (Å²) < 4.78 is 5.14. The summed E-state index contributed by atoms with van der Waals surface area (Å²) in [4.78, 5) is 24.5. The first-order chi connectivity index (χ1) is 11.0. The molecule has 0 N–H and O–H groups in total. The number of piperidine rings is 1. The summed E-state index contributed by atoms with van der Waals surface area (Å²) in [5.41, 5.74) is 0.883. The van der Waals surface area contributed by atoms with Crippen LogP contribution in [0.15, 0.2) is 0 Å². The molecule has 0 bridgehead atoms. The largest absolute Gasteiger partial charge is 0.462 e. The first-order valence-corrected chi connectivity index (χ1v) is 9.09. The number of ether oxygens (including phenoxy) is 1. The van der Waals surface area contributed by atoms with E-state index in [2.05, 4.69) is 21.8 Å². The lowest BCUT2D eigenvalue weighted by molar-refractivity contribution is 0.0531. The Hall–Kier alpha value is -1.40. The zero-order valence-electron chi connectivity index (χ0n) is 13.6. The van der Waals surface area contributed by atoms with Crippen LogP contribution in [0, 0.1) is 12.8 Å². The van der Waals surface area contributed by atoms with Crippen LogP contribution in [0.25, 0.3) is 10.2 Å². The first kappa shape index (κ1) is 16.5. The normalized spacial score (nSPS) is 16.1. The fourth-order valence-electron chi connectivity index (χ4n) is 2.93. The van der Waals surface area contributed by atoms with Gasteiger partial charge in [-0.15, -0.1) is 11.3 Å². The van der Waals surface area contributed by atoms with Crippen molar-refractivity contribution in [2.24, 2.45) is 5.92 Å².